The van der Waals surface area contributed by atoms with Crippen molar-refractivity contribution in [3.05, 3.63) is 0 Å². The lowest BCUT2D eigenvalue weighted by molar-refractivity contribution is -0.0439. The molecule has 2 N–H and O–H groups in total. The molecule has 0 saturated heterocycles. The molecule has 0 aliphatic heterocycles. The molecule has 1 aliphatic rings. The molecule has 0 amide bonds. The molecule has 0 heterocycles. The summed E-state index contributed by atoms with van der Waals surface area (Å²) >= 11 is 0. The highest BCUT2D eigenvalue weighted by molar-refractivity contribution is 4.86. The Balaban J connectivity index is 2.56. The van der Waals surface area contributed by atoms with Crippen LogP contribution >= 0.6 is 0 Å². The van der Waals surface area contributed by atoms with Gasteiger partial charge < -0.3 is 10.5 Å². The van der Waals surface area contributed by atoms with E-state index in [0.29, 0.717) is 6.54 Å². The van der Waals surface area contributed by atoms with Crippen LogP contribution in [0.3, 0.4) is 0 Å². The van der Waals surface area contributed by atoms with Gasteiger partial charge in [-0.15, -0.1) is 0 Å². The van der Waals surface area contributed by atoms with Gasteiger partial charge in [-0.1, -0.05) is 26.7 Å². The maximum Gasteiger partial charge on any atom is 0.0804 e. The molecule has 90 valence electrons. The standard InChI is InChI=1S/C13H27NO/c1-4-15-13(10-14)8-5-6-12(7-9-13)11(2)3/h11-12H,4-10,14H2,1-3H3. The Labute approximate surface area is 94.6 Å². The quantitative estimate of drug-likeness (QED) is 0.729. The van der Waals surface area contributed by atoms with Crippen LogP contribution < -0.4 is 5.73 Å². The molecule has 1 aliphatic carbocycles. The SMILES string of the molecule is CCOC1(CN)CCCC(C(C)C)CC1. The summed E-state index contributed by atoms with van der Waals surface area (Å²) in [6.07, 6.45) is 6.22. The van der Waals surface area contributed by atoms with Gasteiger partial charge in [-0.25, -0.2) is 0 Å². The van der Waals surface area contributed by atoms with Crippen molar-refractivity contribution in [2.24, 2.45) is 17.6 Å². The van der Waals surface area contributed by atoms with Gasteiger partial charge in [0, 0.05) is 13.2 Å². The zero-order valence-corrected chi connectivity index (χ0v) is 10.6. The van der Waals surface area contributed by atoms with Gasteiger partial charge in [0.2, 0.25) is 0 Å². The second kappa shape index (κ2) is 5.86. The van der Waals surface area contributed by atoms with Crippen LogP contribution in [-0.4, -0.2) is 18.8 Å². The van der Waals surface area contributed by atoms with Crippen LogP contribution in [-0.2, 0) is 4.74 Å². The Bertz CT molecular complexity index is 181. The smallest absolute Gasteiger partial charge is 0.0804 e. The molecular weight excluding hydrogens is 186 g/mol. The van der Waals surface area contributed by atoms with Crippen LogP contribution in [0, 0.1) is 11.8 Å². The summed E-state index contributed by atoms with van der Waals surface area (Å²) in [6.45, 7) is 8.22. The number of nitrogens with two attached hydrogens (primary N) is 1. The fourth-order valence-electron chi connectivity index (χ4n) is 2.78. The topological polar surface area (TPSA) is 35.2 Å². The number of hydrogen-bond donors (Lipinski definition) is 1. The number of rotatable bonds is 4. The van der Waals surface area contributed by atoms with Crippen molar-refractivity contribution >= 4 is 0 Å². The summed E-state index contributed by atoms with van der Waals surface area (Å²) in [5, 5.41) is 0. The van der Waals surface area contributed by atoms with Crippen molar-refractivity contribution in [2.45, 2.75) is 58.5 Å². The maximum atomic E-state index is 5.90. The van der Waals surface area contributed by atoms with E-state index in [1.807, 2.05) is 0 Å². The Morgan fingerprint density at radius 1 is 1.33 bits per heavy atom. The van der Waals surface area contributed by atoms with Gasteiger partial charge in [-0.05, 0) is 38.0 Å². The van der Waals surface area contributed by atoms with Gasteiger partial charge >= 0.3 is 0 Å². The fraction of sp³-hybridized carbons (Fsp3) is 1.00. The molecule has 0 aromatic heterocycles. The Hall–Kier alpha value is -0.0800. The molecule has 0 radical (unpaired) electrons. The first kappa shape index (κ1) is 13.0. The van der Waals surface area contributed by atoms with E-state index < -0.39 is 0 Å². The minimum Gasteiger partial charge on any atom is -0.374 e. The second-order valence-electron chi connectivity index (χ2n) is 5.26. The van der Waals surface area contributed by atoms with E-state index in [4.69, 9.17) is 10.5 Å². The molecule has 1 rings (SSSR count). The van der Waals surface area contributed by atoms with Gasteiger partial charge in [0.25, 0.3) is 0 Å². The van der Waals surface area contributed by atoms with E-state index >= 15 is 0 Å². The van der Waals surface area contributed by atoms with Gasteiger partial charge in [0.1, 0.15) is 0 Å². The lowest BCUT2D eigenvalue weighted by Gasteiger charge is -2.31. The molecule has 1 fully saturated rings. The Morgan fingerprint density at radius 2 is 2.07 bits per heavy atom. The lowest BCUT2D eigenvalue weighted by atomic mass is 9.88. The summed E-state index contributed by atoms with van der Waals surface area (Å²) in [4.78, 5) is 0. The van der Waals surface area contributed by atoms with E-state index in [9.17, 15) is 0 Å². The fourth-order valence-corrected chi connectivity index (χ4v) is 2.78. The van der Waals surface area contributed by atoms with Crippen molar-refractivity contribution in [1.29, 1.82) is 0 Å². The first-order chi connectivity index (χ1) is 7.13. The summed E-state index contributed by atoms with van der Waals surface area (Å²) in [7, 11) is 0. The highest BCUT2D eigenvalue weighted by atomic mass is 16.5. The van der Waals surface area contributed by atoms with E-state index in [0.717, 1.165) is 31.3 Å². The lowest BCUT2D eigenvalue weighted by Crippen LogP contribution is -2.40. The molecule has 15 heavy (non-hydrogen) atoms. The molecule has 1 saturated carbocycles. The van der Waals surface area contributed by atoms with Gasteiger partial charge in [0.15, 0.2) is 0 Å². The average Bonchev–Trinajstić information content (AvgIpc) is 2.42. The molecule has 2 unspecified atom stereocenters. The monoisotopic (exact) mass is 213 g/mol. The van der Waals surface area contributed by atoms with E-state index in [-0.39, 0.29) is 5.60 Å². The molecule has 0 aromatic rings. The van der Waals surface area contributed by atoms with Crippen LogP contribution in [0.15, 0.2) is 0 Å². The predicted molar refractivity (Wildman–Crippen MR) is 64.8 cm³/mol. The minimum atomic E-state index is -0.00160. The minimum absolute atomic E-state index is 0.00160. The molecule has 0 aromatic carbocycles. The van der Waals surface area contributed by atoms with Crippen LogP contribution in [0.4, 0.5) is 0 Å². The normalized spacial score (nSPS) is 33.0. The van der Waals surface area contributed by atoms with E-state index in [1.165, 1.54) is 19.3 Å². The zero-order valence-electron chi connectivity index (χ0n) is 10.6. The molecule has 2 atom stereocenters. The largest absolute Gasteiger partial charge is 0.374 e. The summed E-state index contributed by atoms with van der Waals surface area (Å²) in [6, 6.07) is 0. The van der Waals surface area contributed by atoms with E-state index in [2.05, 4.69) is 20.8 Å². The molecule has 2 heteroatoms. The highest BCUT2D eigenvalue weighted by Crippen LogP contribution is 2.35. The Morgan fingerprint density at radius 3 is 2.60 bits per heavy atom. The predicted octanol–water partition coefficient (Wildman–Crippen LogP) is 2.96. The number of hydrogen-bond acceptors (Lipinski definition) is 2. The van der Waals surface area contributed by atoms with Crippen LogP contribution in [0.5, 0.6) is 0 Å². The third kappa shape index (κ3) is 3.46. The Kier molecular flexibility index (Phi) is 5.07. The molecule has 2 nitrogen and oxygen atoms in total. The van der Waals surface area contributed by atoms with Crippen LogP contribution in [0.1, 0.15) is 52.9 Å². The van der Waals surface area contributed by atoms with Gasteiger partial charge in [-0.3, -0.25) is 0 Å². The summed E-state index contributed by atoms with van der Waals surface area (Å²) in [5.74, 6) is 1.68. The molecule has 0 bridgehead atoms. The first-order valence-electron chi connectivity index (χ1n) is 6.47. The molecule has 0 spiro atoms. The first-order valence-corrected chi connectivity index (χ1v) is 6.47. The van der Waals surface area contributed by atoms with Crippen molar-refractivity contribution < 1.29 is 4.74 Å². The summed E-state index contributed by atoms with van der Waals surface area (Å²) < 4.78 is 5.90. The summed E-state index contributed by atoms with van der Waals surface area (Å²) in [5.41, 5.74) is 5.89. The van der Waals surface area contributed by atoms with Crippen LogP contribution in [0.2, 0.25) is 0 Å². The van der Waals surface area contributed by atoms with Gasteiger partial charge in [-0.2, -0.15) is 0 Å². The molecular formula is C13H27NO. The van der Waals surface area contributed by atoms with Crippen molar-refractivity contribution in [2.75, 3.05) is 13.2 Å². The number of ether oxygens (including phenoxy) is 1. The average molecular weight is 213 g/mol. The third-order valence-electron chi connectivity index (χ3n) is 3.94. The third-order valence-corrected chi connectivity index (χ3v) is 3.94. The maximum absolute atomic E-state index is 5.90. The van der Waals surface area contributed by atoms with Crippen molar-refractivity contribution in [3.8, 4) is 0 Å². The van der Waals surface area contributed by atoms with Crippen molar-refractivity contribution in [1.82, 2.24) is 0 Å². The zero-order chi connectivity index (χ0) is 11.3. The highest BCUT2D eigenvalue weighted by Gasteiger charge is 2.33. The van der Waals surface area contributed by atoms with Crippen molar-refractivity contribution in [3.63, 3.8) is 0 Å². The van der Waals surface area contributed by atoms with E-state index in [1.54, 1.807) is 0 Å². The van der Waals surface area contributed by atoms with Crippen LogP contribution in [0.25, 0.3) is 0 Å². The second-order valence-corrected chi connectivity index (χ2v) is 5.26. The van der Waals surface area contributed by atoms with Gasteiger partial charge in [0.05, 0.1) is 5.60 Å².